The molecule has 1 amide bonds. The molecule has 190 valence electrons. The molecule has 0 unspecified atom stereocenters. The summed E-state index contributed by atoms with van der Waals surface area (Å²) in [4.78, 5) is 17.1. The van der Waals surface area contributed by atoms with Gasteiger partial charge < -0.3 is 14.6 Å². The third kappa shape index (κ3) is 5.50. The lowest BCUT2D eigenvalue weighted by Crippen LogP contribution is -2.13. The maximum absolute atomic E-state index is 14.2. The van der Waals surface area contributed by atoms with Crippen LogP contribution in [-0.4, -0.2) is 15.5 Å². The maximum atomic E-state index is 14.2. The monoisotopic (exact) mass is 573 g/mol. The average Bonchev–Trinajstić information content (AvgIpc) is 3.30. The van der Waals surface area contributed by atoms with Crippen LogP contribution in [0, 0.1) is 18.6 Å². The van der Waals surface area contributed by atoms with Gasteiger partial charge in [0.2, 0.25) is 0 Å². The first-order valence-electron chi connectivity index (χ1n) is 11.8. The van der Waals surface area contributed by atoms with Crippen molar-refractivity contribution in [2.45, 2.75) is 13.5 Å². The third-order valence-electron chi connectivity index (χ3n) is 5.96. The predicted molar refractivity (Wildman–Crippen MR) is 147 cm³/mol. The molecule has 0 saturated carbocycles. The fourth-order valence-corrected chi connectivity index (χ4v) is 4.49. The van der Waals surface area contributed by atoms with E-state index in [4.69, 9.17) is 4.74 Å². The number of carbonyl (C=O) groups excluding carboxylic acids is 1. The second kappa shape index (κ2) is 11.0. The Kier molecular flexibility index (Phi) is 7.33. The van der Waals surface area contributed by atoms with E-state index in [1.54, 1.807) is 42.6 Å². The van der Waals surface area contributed by atoms with E-state index in [0.29, 0.717) is 17.1 Å². The Morgan fingerprint density at radius 3 is 2.63 bits per heavy atom. The van der Waals surface area contributed by atoms with Crippen molar-refractivity contribution in [2.75, 3.05) is 5.32 Å². The van der Waals surface area contributed by atoms with Crippen molar-refractivity contribution in [1.82, 2.24) is 9.55 Å². The van der Waals surface area contributed by atoms with Crippen LogP contribution in [0.25, 0.3) is 16.9 Å². The van der Waals surface area contributed by atoms with Crippen LogP contribution in [0.2, 0.25) is 0 Å². The minimum atomic E-state index is -0.663. The molecule has 5 nitrogen and oxygen atoms in total. The Bertz CT molecular complexity index is 1620. The van der Waals surface area contributed by atoms with Crippen molar-refractivity contribution < 1.29 is 18.3 Å². The number of ether oxygens (including phenoxy) is 1. The van der Waals surface area contributed by atoms with Crippen LogP contribution in [0.3, 0.4) is 0 Å². The van der Waals surface area contributed by atoms with E-state index in [0.717, 1.165) is 33.2 Å². The molecule has 0 aliphatic heterocycles. The first-order valence-corrected chi connectivity index (χ1v) is 12.6. The van der Waals surface area contributed by atoms with Crippen molar-refractivity contribution in [3.05, 3.63) is 130 Å². The summed E-state index contributed by atoms with van der Waals surface area (Å²) in [6.07, 6.45) is 1.61. The summed E-state index contributed by atoms with van der Waals surface area (Å²) in [5, 5.41) is 2.81. The predicted octanol–water partition coefficient (Wildman–Crippen LogP) is 7.72. The molecule has 0 aliphatic rings. The van der Waals surface area contributed by atoms with Gasteiger partial charge in [0.05, 0.1) is 5.69 Å². The van der Waals surface area contributed by atoms with Gasteiger partial charge in [0.25, 0.3) is 5.91 Å². The van der Waals surface area contributed by atoms with Crippen molar-refractivity contribution in [1.29, 1.82) is 0 Å². The molecule has 38 heavy (non-hydrogen) atoms. The van der Waals surface area contributed by atoms with E-state index < -0.39 is 11.6 Å². The van der Waals surface area contributed by atoms with Crippen molar-refractivity contribution in [3.63, 3.8) is 0 Å². The molecule has 0 saturated heterocycles. The SMILES string of the molecule is Cc1ccc(-c2cc(Br)ccc2OCc2ccc(F)cc2F)n1-c1cccc(C(=O)Nc2ccccn2)c1. The van der Waals surface area contributed by atoms with Gasteiger partial charge in [0.1, 0.15) is 29.8 Å². The highest BCUT2D eigenvalue weighted by Gasteiger charge is 2.17. The lowest BCUT2D eigenvalue weighted by atomic mass is 10.1. The molecule has 1 N–H and O–H groups in total. The smallest absolute Gasteiger partial charge is 0.256 e. The quantitative estimate of drug-likeness (QED) is 0.217. The normalized spacial score (nSPS) is 10.8. The van der Waals surface area contributed by atoms with Gasteiger partial charge in [0, 0.05) is 44.8 Å². The summed E-state index contributed by atoms with van der Waals surface area (Å²) < 4.78 is 36.4. The number of amides is 1. The number of pyridine rings is 1. The first kappa shape index (κ1) is 25.4. The largest absolute Gasteiger partial charge is 0.488 e. The second-order valence-electron chi connectivity index (χ2n) is 8.58. The summed E-state index contributed by atoms with van der Waals surface area (Å²) >= 11 is 3.53. The van der Waals surface area contributed by atoms with E-state index in [2.05, 4.69) is 26.2 Å². The maximum Gasteiger partial charge on any atom is 0.256 e. The molecule has 2 aromatic heterocycles. The van der Waals surface area contributed by atoms with Crippen LogP contribution in [0.15, 0.2) is 102 Å². The van der Waals surface area contributed by atoms with Gasteiger partial charge in [-0.2, -0.15) is 0 Å². The number of carbonyl (C=O) groups is 1. The van der Waals surface area contributed by atoms with Gasteiger partial charge in [-0.25, -0.2) is 13.8 Å². The minimum absolute atomic E-state index is 0.0659. The molecule has 0 atom stereocenters. The fourth-order valence-electron chi connectivity index (χ4n) is 4.13. The van der Waals surface area contributed by atoms with Crippen molar-refractivity contribution in [2.24, 2.45) is 0 Å². The molecule has 8 heteroatoms. The van der Waals surface area contributed by atoms with Crippen molar-refractivity contribution in [3.8, 4) is 22.7 Å². The van der Waals surface area contributed by atoms with Gasteiger partial charge in [-0.05, 0) is 79.7 Å². The number of hydrogen-bond acceptors (Lipinski definition) is 3. The van der Waals surface area contributed by atoms with Crippen LogP contribution in [0.5, 0.6) is 5.75 Å². The van der Waals surface area contributed by atoms with E-state index in [9.17, 15) is 13.6 Å². The summed E-state index contributed by atoms with van der Waals surface area (Å²) in [6.45, 7) is 1.90. The Morgan fingerprint density at radius 2 is 1.84 bits per heavy atom. The number of hydrogen-bond donors (Lipinski definition) is 1. The Balaban J connectivity index is 1.48. The van der Waals surface area contributed by atoms with E-state index >= 15 is 0 Å². The lowest BCUT2D eigenvalue weighted by Gasteiger charge is -2.17. The highest BCUT2D eigenvalue weighted by molar-refractivity contribution is 9.10. The van der Waals surface area contributed by atoms with Crippen LogP contribution >= 0.6 is 15.9 Å². The Labute approximate surface area is 226 Å². The fraction of sp³-hybridized carbons (Fsp3) is 0.0667. The Morgan fingerprint density at radius 1 is 0.974 bits per heavy atom. The molecule has 2 heterocycles. The van der Waals surface area contributed by atoms with E-state index in [1.165, 1.54) is 12.1 Å². The van der Waals surface area contributed by atoms with Gasteiger partial charge in [-0.3, -0.25) is 4.79 Å². The van der Waals surface area contributed by atoms with Gasteiger partial charge >= 0.3 is 0 Å². The molecule has 0 radical (unpaired) electrons. The number of benzene rings is 3. The highest BCUT2D eigenvalue weighted by Crippen LogP contribution is 2.36. The first-order chi connectivity index (χ1) is 18.4. The average molecular weight is 574 g/mol. The summed E-state index contributed by atoms with van der Waals surface area (Å²) in [6, 6.07) is 25.5. The number of aryl methyl sites for hydroxylation is 1. The van der Waals surface area contributed by atoms with E-state index in [-0.39, 0.29) is 18.1 Å². The number of nitrogens with one attached hydrogen (secondary N) is 1. The molecular formula is C30H22BrF2N3O2. The topological polar surface area (TPSA) is 56.1 Å². The number of rotatable bonds is 7. The number of halogens is 3. The highest BCUT2D eigenvalue weighted by atomic mass is 79.9. The summed E-state index contributed by atoms with van der Waals surface area (Å²) in [5.74, 6) is -0.581. The van der Waals surface area contributed by atoms with Gasteiger partial charge in [-0.15, -0.1) is 0 Å². The van der Waals surface area contributed by atoms with Crippen LogP contribution < -0.4 is 10.1 Å². The summed E-state index contributed by atoms with van der Waals surface area (Å²) in [7, 11) is 0. The molecule has 3 aromatic carbocycles. The molecule has 0 spiro atoms. The van der Waals surface area contributed by atoms with Crippen LogP contribution in [0.1, 0.15) is 21.6 Å². The zero-order valence-corrected chi connectivity index (χ0v) is 21.9. The standard InChI is InChI=1S/C30H22BrF2N3O2/c1-19-8-12-27(25-16-22(31)10-13-28(25)38-18-21-9-11-23(32)17-26(21)33)36(19)24-6-4-5-20(15-24)30(37)35-29-7-2-3-14-34-29/h2-17H,18H2,1H3,(H,34,35,37). The number of aromatic nitrogens is 2. The zero-order chi connectivity index (χ0) is 26.6. The second-order valence-corrected chi connectivity index (χ2v) is 9.50. The molecular weight excluding hydrogens is 552 g/mol. The van der Waals surface area contributed by atoms with Crippen LogP contribution in [0.4, 0.5) is 14.6 Å². The molecule has 5 rings (SSSR count). The number of anilines is 1. The van der Waals surface area contributed by atoms with Gasteiger partial charge in [-0.1, -0.05) is 28.1 Å². The molecule has 0 fully saturated rings. The van der Waals surface area contributed by atoms with Crippen LogP contribution in [-0.2, 0) is 6.61 Å². The third-order valence-corrected chi connectivity index (χ3v) is 6.46. The Hall–Kier alpha value is -4.30. The molecule has 0 aliphatic carbocycles. The zero-order valence-electron chi connectivity index (χ0n) is 20.3. The van der Waals surface area contributed by atoms with E-state index in [1.807, 2.05) is 47.9 Å². The molecule has 5 aromatic rings. The minimum Gasteiger partial charge on any atom is -0.488 e. The van der Waals surface area contributed by atoms with Crippen molar-refractivity contribution >= 4 is 27.7 Å². The van der Waals surface area contributed by atoms with Gasteiger partial charge in [0.15, 0.2) is 0 Å². The number of nitrogens with zero attached hydrogens (tertiary/aromatic N) is 2. The lowest BCUT2D eigenvalue weighted by molar-refractivity contribution is 0.102. The molecule has 0 bridgehead atoms. The summed E-state index contributed by atoms with van der Waals surface area (Å²) in [5.41, 5.74) is 4.03.